The Kier molecular flexibility index (Phi) is 6.65. The van der Waals surface area contributed by atoms with Crippen LogP contribution in [-0.2, 0) is 22.2 Å². The van der Waals surface area contributed by atoms with E-state index in [-0.39, 0.29) is 32.9 Å². The van der Waals surface area contributed by atoms with Crippen LogP contribution in [0.2, 0.25) is 0 Å². The first-order valence-electron chi connectivity index (χ1n) is 12.5. The molecule has 0 radical (unpaired) electrons. The Balaban J connectivity index is 1.36. The van der Waals surface area contributed by atoms with E-state index in [9.17, 15) is 32.3 Å². The molecule has 3 heterocycles. The van der Waals surface area contributed by atoms with Gasteiger partial charge in [0.15, 0.2) is 0 Å². The maximum Gasteiger partial charge on any atom is 0.416 e. The van der Waals surface area contributed by atoms with Gasteiger partial charge in [-0.1, -0.05) is 65.9 Å². The van der Waals surface area contributed by atoms with Gasteiger partial charge >= 0.3 is 6.18 Å². The van der Waals surface area contributed by atoms with E-state index < -0.39 is 41.2 Å². The lowest BCUT2D eigenvalue weighted by Crippen LogP contribution is -2.37. The van der Waals surface area contributed by atoms with Crippen molar-refractivity contribution in [3.63, 3.8) is 0 Å². The quantitative estimate of drug-likeness (QED) is 0.337. The highest BCUT2D eigenvalue weighted by Crippen LogP contribution is 2.35. The van der Waals surface area contributed by atoms with Crippen LogP contribution >= 0.6 is 11.3 Å². The highest BCUT2D eigenvalue weighted by atomic mass is 32.1. The summed E-state index contributed by atoms with van der Waals surface area (Å²) in [6, 6.07) is 19.7. The Morgan fingerprint density at radius 3 is 2.43 bits per heavy atom. The maximum atomic E-state index is 13.7. The van der Waals surface area contributed by atoms with Crippen LogP contribution in [0, 0.1) is 0 Å². The number of hydrogen-bond donors (Lipinski definition) is 1. The lowest BCUT2D eigenvalue weighted by molar-refractivity contribution is -0.137. The molecule has 1 N–H and O–H groups in total. The molecule has 2 amide bonds. The standard InChI is InChI=1S/C29H18F3N5O4S/c30-29(31,32)17-9-6-10-18(14-17)33-22(38)15-36-21-12-5-4-11-19(21)23(26(36)40)24-27(41)37-28(42-24)34-25(39)20(35-37)13-16-7-2-1-3-8-16/h1-12,14H,13,15H2,(H,33,38)/b24-23-. The maximum absolute atomic E-state index is 13.7. The summed E-state index contributed by atoms with van der Waals surface area (Å²) in [5.74, 6) is -1.40. The van der Waals surface area contributed by atoms with E-state index >= 15 is 0 Å². The SMILES string of the molecule is O=C(CN1C(=O)/C(=c2\sc3nc(=O)c(Cc4ccccc4)nn3c2=O)c2ccccc21)Nc1cccc(C(F)(F)F)c1. The number of anilines is 2. The summed E-state index contributed by atoms with van der Waals surface area (Å²) >= 11 is 0.830. The molecule has 13 heteroatoms. The number of alkyl halides is 3. The van der Waals surface area contributed by atoms with E-state index in [4.69, 9.17) is 0 Å². The molecule has 1 aliphatic heterocycles. The summed E-state index contributed by atoms with van der Waals surface area (Å²) in [6.07, 6.45) is -4.43. The van der Waals surface area contributed by atoms with Gasteiger partial charge in [0.2, 0.25) is 10.9 Å². The third kappa shape index (κ3) is 4.94. The minimum Gasteiger partial charge on any atom is -0.325 e. The van der Waals surface area contributed by atoms with Crippen molar-refractivity contribution in [3.8, 4) is 0 Å². The number of halogens is 3. The number of carbonyl (C=O) groups is 2. The number of amides is 2. The molecule has 0 spiro atoms. The van der Waals surface area contributed by atoms with Gasteiger partial charge in [0.25, 0.3) is 17.0 Å². The number of hydrogen-bond acceptors (Lipinski definition) is 7. The molecule has 1 aliphatic rings. The van der Waals surface area contributed by atoms with E-state index in [1.54, 1.807) is 24.3 Å². The summed E-state index contributed by atoms with van der Waals surface area (Å²) in [4.78, 5) is 57.8. The molecule has 6 rings (SSSR count). The van der Waals surface area contributed by atoms with Crippen LogP contribution < -0.4 is 25.9 Å². The number of nitrogens with zero attached hydrogens (tertiary/aromatic N) is 4. The highest BCUT2D eigenvalue weighted by Gasteiger charge is 2.36. The van der Waals surface area contributed by atoms with E-state index in [1.165, 1.54) is 6.07 Å². The van der Waals surface area contributed by atoms with E-state index in [2.05, 4.69) is 15.4 Å². The van der Waals surface area contributed by atoms with Crippen molar-refractivity contribution >= 4 is 45.1 Å². The fourth-order valence-corrected chi connectivity index (χ4v) is 5.66. The number of aromatic nitrogens is 3. The fraction of sp³-hybridized carbons (Fsp3) is 0.103. The fourth-order valence-electron chi connectivity index (χ4n) is 4.67. The van der Waals surface area contributed by atoms with Gasteiger partial charge in [-0.25, -0.2) is 0 Å². The Hall–Kier alpha value is -5.17. The molecule has 0 fully saturated rings. The lowest BCUT2D eigenvalue weighted by atomic mass is 10.1. The summed E-state index contributed by atoms with van der Waals surface area (Å²) in [7, 11) is 0. The van der Waals surface area contributed by atoms with Crippen molar-refractivity contribution in [2.45, 2.75) is 12.6 Å². The Bertz CT molecular complexity index is 2060. The first-order chi connectivity index (χ1) is 20.1. The normalized spacial score (nSPS) is 14.4. The van der Waals surface area contributed by atoms with E-state index in [0.29, 0.717) is 11.3 Å². The molecule has 0 aliphatic carbocycles. The van der Waals surface area contributed by atoms with Crippen LogP contribution in [0.3, 0.4) is 0 Å². The number of fused-ring (bicyclic) bond motifs is 2. The Morgan fingerprint density at radius 2 is 1.67 bits per heavy atom. The van der Waals surface area contributed by atoms with Crippen LogP contribution in [0.5, 0.6) is 0 Å². The van der Waals surface area contributed by atoms with Crippen molar-refractivity contribution < 1.29 is 22.8 Å². The average molecular weight is 590 g/mol. The third-order valence-corrected chi connectivity index (χ3v) is 7.60. The number of para-hydroxylation sites is 1. The summed E-state index contributed by atoms with van der Waals surface area (Å²) in [6.45, 7) is -0.524. The van der Waals surface area contributed by atoms with Crippen molar-refractivity contribution in [3.05, 3.63) is 126 Å². The second-order valence-electron chi connectivity index (χ2n) is 9.37. The Labute approximate surface area is 238 Å². The van der Waals surface area contributed by atoms with Crippen molar-refractivity contribution in [2.24, 2.45) is 0 Å². The van der Waals surface area contributed by atoms with Gasteiger partial charge in [-0.2, -0.15) is 27.8 Å². The highest BCUT2D eigenvalue weighted by molar-refractivity contribution is 7.15. The molecule has 0 atom stereocenters. The number of nitrogens with one attached hydrogen (secondary N) is 1. The molecule has 42 heavy (non-hydrogen) atoms. The second kappa shape index (κ2) is 10.3. The van der Waals surface area contributed by atoms with E-state index in [1.807, 2.05) is 30.3 Å². The monoisotopic (exact) mass is 589 g/mol. The zero-order valence-corrected chi connectivity index (χ0v) is 22.2. The predicted octanol–water partition coefficient (Wildman–Crippen LogP) is 3.02. The molecule has 210 valence electrons. The van der Waals surface area contributed by atoms with E-state index in [0.717, 1.165) is 44.5 Å². The molecule has 9 nitrogen and oxygen atoms in total. The minimum atomic E-state index is -4.59. The zero-order valence-electron chi connectivity index (χ0n) is 21.4. The number of benzene rings is 3. The topological polar surface area (TPSA) is 114 Å². The summed E-state index contributed by atoms with van der Waals surface area (Å²) in [5.41, 5.74) is -0.655. The molecule has 0 bridgehead atoms. The van der Waals surface area contributed by atoms with Crippen molar-refractivity contribution in [1.82, 2.24) is 14.6 Å². The molecular weight excluding hydrogens is 571 g/mol. The van der Waals surface area contributed by atoms with Crippen LogP contribution in [0.1, 0.15) is 22.4 Å². The molecule has 0 unspecified atom stereocenters. The zero-order chi connectivity index (χ0) is 29.6. The average Bonchev–Trinajstić information content (AvgIpc) is 3.41. The van der Waals surface area contributed by atoms with Crippen molar-refractivity contribution in [2.75, 3.05) is 16.8 Å². The van der Waals surface area contributed by atoms with Crippen LogP contribution in [0.15, 0.2) is 88.5 Å². The number of rotatable bonds is 5. The third-order valence-electron chi connectivity index (χ3n) is 6.57. The second-order valence-corrected chi connectivity index (χ2v) is 10.3. The van der Waals surface area contributed by atoms with Crippen molar-refractivity contribution in [1.29, 1.82) is 0 Å². The smallest absolute Gasteiger partial charge is 0.325 e. The largest absolute Gasteiger partial charge is 0.416 e. The van der Waals surface area contributed by atoms with Crippen LogP contribution in [-0.4, -0.2) is 33.0 Å². The summed E-state index contributed by atoms with van der Waals surface area (Å²) in [5, 5.41) is 6.63. The first kappa shape index (κ1) is 27.0. The summed E-state index contributed by atoms with van der Waals surface area (Å²) < 4.78 is 40.2. The number of carbonyl (C=O) groups excluding carboxylic acids is 2. The molecular formula is C29H18F3N5O4S. The molecule has 2 aromatic heterocycles. The molecule has 0 saturated heterocycles. The molecule has 5 aromatic rings. The Morgan fingerprint density at radius 1 is 0.929 bits per heavy atom. The number of thiazole rings is 1. The van der Waals surface area contributed by atoms with Gasteiger partial charge in [-0.15, -0.1) is 0 Å². The van der Waals surface area contributed by atoms with Gasteiger partial charge in [0, 0.05) is 17.7 Å². The van der Waals surface area contributed by atoms with Crippen LogP contribution in [0.25, 0.3) is 10.5 Å². The van der Waals surface area contributed by atoms with Crippen LogP contribution in [0.4, 0.5) is 24.5 Å². The lowest BCUT2D eigenvalue weighted by Gasteiger charge is -2.17. The van der Waals surface area contributed by atoms with Gasteiger partial charge in [-0.3, -0.25) is 24.1 Å². The van der Waals surface area contributed by atoms with Gasteiger partial charge in [0.1, 0.15) is 16.8 Å². The minimum absolute atomic E-state index is 0.00957. The van der Waals surface area contributed by atoms with Gasteiger partial charge in [-0.05, 0) is 29.8 Å². The van der Waals surface area contributed by atoms with Gasteiger partial charge in [0.05, 0.1) is 16.8 Å². The molecule has 0 saturated carbocycles. The van der Waals surface area contributed by atoms with Gasteiger partial charge < -0.3 is 5.32 Å². The predicted molar refractivity (Wildman–Crippen MR) is 149 cm³/mol. The first-order valence-corrected chi connectivity index (χ1v) is 13.3. The molecule has 3 aromatic carbocycles.